The molecule has 3 atom stereocenters. The smallest absolute Gasteiger partial charge is 0.178 e. The Hall–Kier alpha value is -2.54. The fourth-order valence-corrected chi connectivity index (χ4v) is 3.15. The molecule has 0 aromatic heterocycles. The van der Waals surface area contributed by atoms with Gasteiger partial charge >= 0.3 is 0 Å². The fraction of sp³-hybridized carbons (Fsp3) is 0.333. The molecule has 0 bridgehead atoms. The van der Waals surface area contributed by atoms with E-state index in [1.807, 2.05) is 97.9 Å². The van der Waals surface area contributed by atoms with Gasteiger partial charge in [-0.1, -0.05) is 91.0 Å². The maximum absolute atomic E-state index is 10.4. The molecule has 0 aliphatic heterocycles. The molecule has 5 heteroatoms. The first-order valence-electron chi connectivity index (χ1n) is 10.9. The molecule has 0 aliphatic carbocycles. The van der Waals surface area contributed by atoms with Crippen molar-refractivity contribution in [1.82, 2.24) is 0 Å². The number of benzene rings is 3. The highest BCUT2D eigenvalue weighted by molar-refractivity contribution is 5.14. The third-order valence-electron chi connectivity index (χ3n) is 4.98. The van der Waals surface area contributed by atoms with Crippen LogP contribution < -0.4 is 0 Å². The van der Waals surface area contributed by atoms with Crippen molar-refractivity contribution in [3.63, 3.8) is 0 Å². The summed E-state index contributed by atoms with van der Waals surface area (Å²) in [7, 11) is 0. The molecule has 170 valence electrons. The molecular formula is C27H32O5. The largest absolute Gasteiger partial charge is 0.374 e. The number of hydrogen-bond donors (Lipinski definition) is 1. The first kappa shape index (κ1) is 24.1. The number of hydrogen-bond acceptors (Lipinski definition) is 5. The predicted molar refractivity (Wildman–Crippen MR) is 124 cm³/mol. The van der Waals surface area contributed by atoms with Crippen LogP contribution >= 0.6 is 0 Å². The highest BCUT2D eigenvalue weighted by atomic mass is 16.7. The summed E-state index contributed by atoms with van der Waals surface area (Å²) < 4.78 is 23.3. The van der Waals surface area contributed by atoms with E-state index in [1.165, 1.54) is 0 Å². The first-order valence-corrected chi connectivity index (χ1v) is 10.9. The Morgan fingerprint density at radius 3 is 1.56 bits per heavy atom. The monoisotopic (exact) mass is 436 g/mol. The van der Waals surface area contributed by atoms with Crippen LogP contribution in [0.5, 0.6) is 0 Å². The molecule has 0 fully saturated rings. The Kier molecular flexibility index (Phi) is 10.4. The topological polar surface area (TPSA) is 57.2 Å². The van der Waals surface area contributed by atoms with Crippen LogP contribution in [0.2, 0.25) is 0 Å². The van der Waals surface area contributed by atoms with Crippen molar-refractivity contribution in [3.8, 4) is 0 Å². The summed E-state index contributed by atoms with van der Waals surface area (Å²) in [5.74, 6) is 0. The van der Waals surface area contributed by atoms with E-state index in [4.69, 9.17) is 18.9 Å². The van der Waals surface area contributed by atoms with E-state index < -0.39 is 12.4 Å². The van der Waals surface area contributed by atoms with Gasteiger partial charge in [0, 0.05) is 0 Å². The van der Waals surface area contributed by atoms with Crippen LogP contribution in [0.25, 0.3) is 0 Å². The summed E-state index contributed by atoms with van der Waals surface area (Å²) >= 11 is 0. The van der Waals surface area contributed by atoms with Crippen LogP contribution in [0, 0.1) is 0 Å². The van der Waals surface area contributed by atoms with Crippen LogP contribution in [0.15, 0.2) is 91.0 Å². The van der Waals surface area contributed by atoms with Gasteiger partial charge in [-0.15, -0.1) is 0 Å². The second-order valence-electron chi connectivity index (χ2n) is 7.63. The Morgan fingerprint density at radius 1 is 0.625 bits per heavy atom. The molecule has 1 N–H and O–H groups in total. The molecule has 0 heterocycles. The molecule has 3 rings (SSSR count). The van der Waals surface area contributed by atoms with E-state index in [1.54, 1.807) is 0 Å². The van der Waals surface area contributed by atoms with Crippen molar-refractivity contribution >= 4 is 0 Å². The van der Waals surface area contributed by atoms with Crippen LogP contribution in [-0.4, -0.2) is 36.8 Å². The Labute approximate surface area is 190 Å². The average molecular weight is 437 g/mol. The van der Waals surface area contributed by atoms with Gasteiger partial charge in [-0.3, -0.25) is 0 Å². The first-order chi connectivity index (χ1) is 15.7. The molecule has 0 aliphatic rings. The minimum atomic E-state index is -1.08. The van der Waals surface area contributed by atoms with Gasteiger partial charge in [0.25, 0.3) is 0 Å². The number of ether oxygens (including phenoxy) is 4. The summed E-state index contributed by atoms with van der Waals surface area (Å²) in [6.45, 7) is 3.62. The summed E-state index contributed by atoms with van der Waals surface area (Å²) in [5, 5.41) is 10.4. The van der Waals surface area contributed by atoms with Gasteiger partial charge in [-0.05, 0) is 23.6 Å². The highest BCUT2D eigenvalue weighted by Crippen LogP contribution is 2.13. The Morgan fingerprint density at radius 2 is 1.06 bits per heavy atom. The quantitative estimate of drug-likeness (QED) is 0.370. The van der Waals surface area contributed by atoms with Crippen LogP contribution in [0.3, 0.4) is 0 Å². The summed E-state index contributed by atoms with van der Waals surface area (Å²) in [6.07, 6.45) is -1.81. The molecule has 0 radical (unpaired) electrons. The van der Waals surface area contributed by atoms with Gasteiger partial charge in [-0.25, -0.2) is 0 Å². The summed E-state index contributed by atoms with van der Waals surface area (Å²) in [4.78, 5) is 0. The molecule has 0 saturated heterocycles. The predicted octanol–water partition coefficient (Wildman–Crippen LogP) is 4.73. The maximum Gasteiger partial charge on any atom is 0.178 e. The van der Waals surface area contributed by atoms with Crippen LogP contribution in [0.1, 0.15) is 23.6 Å². The normalized spacial score (nSPS) is 14.1. The van der Waals surface area contributed by atoms with Gasteiger partial charge in [0.15, 0.2) is 6.29 Å². The molecule has 3 aromatic carbocycles. The second-order valence-corrected chi connectivity index (χ2v) is 7.63. The average Bonchev–Trinajstić information content (AvgIpc) is 2.84. The molecule has 0 amide bonds. The third-order valence-corrected chi connectivity index (χ3v) is 4.98. The Bertz CT molecular complexity index is 857. The lowest BCUT2D eigenvalue weighted by Gasteiger charge is -2.27. The second kappa shape index (κ2) is 13.8. The molecule has 32 heavy (non-hydrogen) atoms. The fourth-order valence-electron chi connectivity index (χ4n) is 3.15. The summed E-state index contributed by atoms with van der Waals surface area (Å²) in [5.41, 5.74) is 3.20. The third kappa shape index (κ3) is 8.91. The minimum absolute atomic E-state index is 0.0650. The van der Waals surface area contributed by atoms with Crippen molar-refractivity contribution in [2.75, 3.05) is 13.2 Å². The van der Waals surface area contributed by atoms with Gasteiger partial charge in [0.1, 0.15) is 6.10 Å². The van der Waals surface area contributed by atoms with Gasteiger partial charge in [-0.2, -0.15) is 0 Å². The van der Waals surface area contributed by atoms with Crippen molar-refractivity contribution in [3.05, 3.63) is 108 Å². The van der Waals surface area contributed by atoms with E-state index in [-0.39, 0.29) is 12.7 Å². The van der Waals surface area contributed by atoms with Crippen molar-refractivity contribution in [2.24, 2.45) is 0 Å². The van der Waals surface area contributed by atoms with E-state index in [0.29, 0.717) is 26.4 Å². The van der Waals surface area contributed by atoms with Crippen molar-refractivity contribution < 1.29 is 24.1 Å². The molecule has 0 spiro atoms. The van der Waals surface area contributed by atoms with Crippen molar-refractivity contribution in [1.29, 1.82) is 0 Å². The van der Waals surface area contributed by atoms with Crippen LogP contribution in [0.4, 0.5) is 0 Å². The summed E-state index contributed by atoms with van der Waals surface area (Å²) in [6, 6.07) is 29.7. The molecule has 3 aromatic rings. The zero-order chi connectivity index (χ0) is 22.4. The van der Waals surface area contributed by atoms with E-state index in [9.17, 15) is 5.11 Å². The van der Waals surface area contributed by atoms with Gasteiger partial charge in [0.2, 0.25) is 0 Å². The zero-order valence-electron chi connectivity index (χ0n) is 18.5. The minimum Gasteiger partial charge on any atom is -0.374 e. The molecular weight excluding hydrogens is 404 g/mol. The lowest BCUT2D eigenvalue weighted by Crippen LogP contribution is -2.38. The number of aliphatic hydroxyl groups is 1. The lowest BCUT2D eigenvalue weighted by atomic mass is 10.2. The molecule has 0 saturated carbocycles. The van der Waals surface area contributed by atoms with E-state index in [0.717, 1.165) is 16.7 Å². The molecule has 1 unspecified atom stereocenters. The molecule has 5 nitrogen and oxygen atoms in total. The standard InChI is InChI=1S/C27H32O5/c1-22(31-19-25-15-9-4-10-16-25)26(20-29-17-23-11-5-2-6-12-23)32-27(28)21-30-18-24-13-7-3-8-14-24/h2-16,22,26-28H,17-21H2,1H3/t22-,26+,27?/m0/s1. The number of rotatable bonds is 14. The maximum atomic E-state index is 10.4. The van der Waals surface area contributed by atoms with Crippen LogP contribution in [-0.2, 0) is 38.8 Å². The van der Waals surface area contributed by atoms with Gasteiger partial charge < -0.3 is 24.1 Å². The lowest BCUT2D eigenvalue weighted by molar-refractivity contribution is -0.208. The zero-order valence-corrected chi connectivity index (χ0v) is 18.5. The van der Waals surface area contributed by atoms with Gasteiger partial charge in [0.05, 0.1) is 39.1 Å². The highest BCUT2D eigenvalue weighted by Gasteiger charge is 2.23. The van der Waals surface area contributed by atoms with Crippen molar-refractivity contribution in [2.45, 2.75) is 45.2 Å². The Balaban J connectivity index is 1.49. The van der Waals surface area contributed by atoms with E-state index in [2.05, 4.69) is 0 Å². The van der Waals surface area contributed by atoms with E-state index >= 15 is 0 Å². The SMILES string of the molecule is C[C@H](OCc1ccccc1)[C@@H](COCc1ccccc1)OC(O)COCc1ccccc1. The number of aliphatic hydroxyl groups excluding tert-OH is 1.